The normalized spacial score (nSPS) is 10.8. The van der Waals surface area contributed by atoms with Crippen LogP contribution in [-0.4, -0.2) is 34.6 Å². The quantitative estimate of drug-likeness (QED) is 0.521. The van der Waals surface area contributed by atoms with Gasteiger partial charge in [-0.3, -0.25) is 9.89 Å². The Bertz CT molecular complexity index is 958. The molecule has 0 bridgehead atoms. The van der Waals surface area contributed by atoms with Crippen molar-refractivity contribution < 1.29 is 13.6 Å². The molecule has 0 saturated heterocycles. The van der Waals surface area contributed by atoms with Gasteiger partial charge in [-0.1, -0.05) is 12.1 Å². The van der Waals surface area contributed by atoms with Crippen molar-refractivity contribution in [3.63, 3.8) is 0 Å². The van der Waals surface area contributed by atoms with Crippen LogP contribution >= 0.6 is 22.6 Å². The maximum atomic E-state index is 13.3. The molecule has 0 radical (unpaired) electrons. The minimum absolute atomic E-state index is 0.135. The number of H-pyrrole nitrogens is 1. The summed E-state index contributed by atoms with van der Waals surface area (Å²) < 4.78 is 27.1. The first-order valence-electron chi connectivity index (χ1n) is 8.45. The number of aryl methyl sites for hydroxylation is 1. The number of halogens is 3. The van der Waals surface area contributed by atoms with Gasteiger partial charge in [-0.2, -0.15) is 5.10 Å². The van der Waals surface area contributed by atoms with E-state index in [0.717, 1.165) is 17.7 Å². The topological polar surface area (TPSA) is 49.0 Å². The molecule has 27 heavy (non-hydrogen) atoms. The Morgan fingerprint density at radius 2 is 1.93 bits per heavy atom. The molecular weight excluding hydrogens is 463 g/mol. The average Bonchev–Trinajstić information content (AvgIpc) is 3.10. The molecule has 1 amide bonds. The summed E-state index contributed by atoms with van der Waals surface area (Å²) in [5, 5.41) is 7.17. The summed E-state index contributed by atoms with van der Waals surface area (Å²) in [6.45, 7) is 0.556. The van der Waals surface area contributed by atoms with Gasteiger partial charge in [0.15, 0.2) is 0 Å². The molecule has 0 aliphatic rings. The molecule has 1 N–H and O–H groups in total. The zero-order chi connectivity index (χ0) is 19.4. The van der Waals surface area contributed by atoms with Gasteiger partial charge in [0, 0.05) is 28.4 Å². The van der Waals surface area contributed by atoms with Crippen LogP contribution < -0.4 is 0 Å². The van der Waals surface area contributed by atoms with E-state index < -0.39 is 0 Å². The van der Waals surface area contributed by atoms with Crippen molar-refractivity contribution in [2.45, 2.75) is 12.8 Å². The zero-order valence-corrected chi connectivity index (χ0v) is 16.8. The third-order valence-corrected chi connectivity index (χ3v) is 5.09. The minimum atomic E-state index is -0.355. The number of hydrogen-bond acceptors (Lipinski definition) is 2. The first-order chi connectivity index (χ1) is 12.9. The fourth-order valence-corrected chi connectivity index (χ4v) is 3.47. The first kappa shape index (κ1) is 19.5. The first-order valence-corrected chi connectivity index (χ1v) is 9.52. The lowest BCUT2D eigenvalue weighted by atomic mass is 10.1. The molecule has 1 aromatic heterocycles. The molecule has 0 aliphatic heterocycles. The van der Waals surface area contributed by atoms with Crippen LogP contribution in [0.3, 0.4) is 0 Å². The highest BCUT2D eigenvalue weighted by Gasteiger charge is 2.15. The number of benzene rings is 2. The SMILES string of the molecule is CN(CCCc1cc(-c2cccc(F)c2)n[nH]1)C(=O)c1ccc(F)cc1I. The summed E-state index contributed by atoms with van der Waals surface area (Å²) >= 11 is 1.96. The summed E-state index contributed by atoms with van der Waals surface area (Å²) in [5.74, 6) is -0.788. The number of hydrogen-bond donors (Lipinski definition) is 1. The number of carbonyl (C=O) groups excluding carboxylic acids is 1. The van der Waals surface area contributed by atoms with E-state index in [9.17, 15) is 13.6 Å². The van der Waals surface area contributed by atoms with Crippen LogP contribution in [0.4, 0.5) is 8.78 Å². The molecular formula is C20H18F2IN3O. The largest absolute Gasteiger partial charge is 0.342 e. The second-order valence-corrected chi connectivity index (χ2v) is 7.41. The van der Waals surface area contributed by atoms with Gasteiger partial charge in [-0.15, -0.1) is 0 Å². The van der Waals surface area contributed by atoms with E-state index >= 15 is 0 Å². The molecule has 0 atom stereocenters. The van der Waals surface area contributed by atoms with E-state index in [2.05, 4.69) is 10.2 Å². The molecule has 0 fully saturated rings. The number of carbonyl (C=O) groups is 1. The van der Waals surface area contributed by atoms with Gasteiger partial charge in [-0.05, 0) is 71.8 Å². The maximum Gasteiger partial charge on any atom is 0.254 e. The molecule has 3 rings (SSSR count). The van der Waals surface area contributed by atoms with Gasteiger partial charge in [-0.25, -0.2) is 8.78 Å². The van der Waals surface area contributed by atoms with Crippen molar-refractivity contribution in [3.05, 3.63) is 75.0 Å². The number of amides is 1. The highest BCUT2D eigenvalue weighted by molar-refractivity contribution is 14.1. The Labute approximate surface area is 169 Å². The molecule has 140 valence electrons. The molecule has 0 unspecified atom stereocenters. The summed E-state index contributed by atoms with van der Waals surface area (Å²) in [4.78, 5) is 14.1. The van der Waals surface area contributed by atoms with E-state index in [4.69, 9.17) is 0 Å². The van der Waals surface area contributed by atoms with Crippen molar-refractivity contribution in [1.82, 2.24) is 15.1 Å². The number of aromatic amines is 1. The molecule has 2 aromatic carbocycles. The summed E-state index contributed by atoms with van der Waals surface area (Å²) in [5.41, 5.74) is 2.83. The van der Waals surface area contributed by atoms with Crippen LogP contribution in [0, 0.1) is 15.2 Å². The van der Waals surface area contributed by atoms with Crippen molar-refractivity contribution in [2.75, 3.05) is 13.6 Å². The Morgan fingerprint density at radius 3 is 2.67 bits per heavy atom. The highest BCUT2D eigenvalue weighted by Crippen LogP contribution is 2.19. The maximum absolute atomic E-state index is 13.3. The average molecular weight is 481 g/mol. The second kappa shape index (κ2) is 8.60. The van der Waals surface area contributed by atoms with E-state index in [-0.39, 0.29) is 17.5 Å². The van der Waals surface area contributed by atoms with Gasteiger partial charge in [0.1, 0.15) is 11.6 Å². The van der Waals surface area contributed by atoms with Crippen LogP contribution in [0.25, 0.3) is 11.3 Å². The lowest BCUT2D eigenvalue weighted by Gasteiger charge is -2.17. The third kappa shape index (κ3) is 4.91. The highest BCUT2D eigenvalue weighted by atomic mass is 127. The number of nitrogens with zero attached hydrogens (tertiary/aromatic N) is 2. The van der Waals surface area contributed by atoms with Crippen molar-refractivity contribution in [2.24, 2.45) is 0 Å². The predicted molar refractivity (Wildman–Crippen MR) is 108 cm³/mol. The smallest absolute Gasteiger partial charge is 0.254 e. The Balaban J connectivity index is 1.56. The summed E-state index contributed by atoms with van der Waals surface area (Å²) in [6.07, 6.45) is 1.45. The Kier molecular flexibility index (Phi) is 6.20. The van der Waals surface area contributed by atoms with E-state index in [0.29, 0.717) is 27.8 Å². The molecule has 0 saturated carbocycles. The monoisotopic (exact) mass is 481 g/mol. The molecule has 4 nitrogen and oxygen atoms in total. The standard InChI is InChI=1S/C20H18F2IN3O/c1-26(20(27)17-8-7-15(22)11-18(17)23)9-3-6-16-12-19(25-24-16)13-4-2-5-14(21)10-13/h2,4-5,7-8,10-12H,3,6,9H2,1H3,(H,24,25). The molecule has 0 aliphatic carbocycles. The second-order valence-electron chi connectivity index (χ2n) is 6.24. The van der Waals surface area contributed by atoms with Crippen LogP contribution in [0.15, 0.2) is 48.5 Å². The predicted octanol–water partition coefficient (Wildman–Crippen LogP) is 4.66. The van der Waals surface area contributed by atoms with Crippen molar-refractivity contribution in [3.8, 4) is 11.3 Å². The van der Waals surface area contributed by atoms with E-state index in [1.165, 1.54) is 30.3 Å². The number of rotatable bonds is 6. The zero-order valence-electron chi connectivity index (χ0n) is 14.7. The van der Waals surface area contributed by atoms with Gasteiger partial charge in [0.05, 0.1) is 11.3 Å². The Hall–Kier alpha value is -2.29. The fraction of sp³-hybridized carbons (Fsp3) is 0.200. The lowest BCUT2D eigenvalue weighted by Crippen LogP contribution is -2.28. The number of nitrogens with one attached hydrogen (secondary N) is 1. The summed E-state index contributed by atoms with van der Waals surface area (Å²) in [7, 11) is 1.73. The van der Waals surface area contributed by atoms with Gasteiger partial charge >= 0.3 is 0 Å². The van der Waals surface area contributed by atoms with Crippen LogP contribution in [0.2, 0.25) is 0 Å². The molecule has 3 aromatic rings. The summed E-state index contributed by atoms with van der Waals surface area (Å²) in [6, 6.07) is 12.3. The van der Waals surface area contributed by atoms with Gasteiger partial charge < -0.3 is 4.90 Å². The molecule has 0 spiro atoms. The van der Waals surface area contributed by atoms with Crippen LogP contribution in [0.5, 0.6) is 0 Å². The van der Waals surface area contributed by atoms with E-state index in [1.807, 2.05) is 28.7 Å². The lowest BCUT2D eigenvalue weighted by molar-refractivity contribution is 0.0792. The van der Waals surface area contributed by atoms with Crippen LogP contribution in [0.1, 0.15) is 22.5 Å². The van der Waals surface area contributed by atoms with Crippen molar-refractivity contribution >= 4 is 28.5 Å². The fourth-order valence-electron chi connectivity index (χ4n) is 2.76. The molecule has 7 heteroatoms. The van der Waals surface area contributed by atoms with Gasteiger partial charge in [0.25, 0.3) is 5.91 Å². The molecule has 1 heterocycles. The van der Waals surface area contributed by atoms with E-state index in [1.54, 1.807) is 24.1 Å². The van der Waals surface area contributed by atoms with Crippen LogP contribution in [-0.2, 0) is 6.42 Å². The Morgan fingerprint density at radius 1 is 1.15 bits per heavy atom. The van der Waals surface area contributed by atoms with Gasteiger partial charge in [0.2, 0.25) is 0 Å². The van der Waals surface area contributed by atoms with Crippen molar-refractivity contribution in [1.29, 1.82) is 0 Å². The minimum Gasteiger partial charge on any atom is -0.342 e. The number of aromatic nitrogens is 2. The third-order valence-electron chi connectivity index (χ3n) is 4.20.